The van der Waals surface area contributed by atoms with Crippen molar-refractivity contribution in [2.75, 3.05) is 24.6 Å². The van der Waals surface area contributed by atoms with Crippen LogP contribution in [0, 0.1) is 5.92 Å². The van der Waals surface area contributed by atoms with Gasteiger partial charge in [-0.1, -0.05) is 13.8 Å². The molecular formula is C13H27ClN2OS. The van der Waals surface area contributed by atoms with E-state index in [1.807, 2.05) is 16.7 Å². The SMILES string of the molecule is CC(C)CN(C(=O)CC1CSCCN1)C(C)C.Cl. The molecule has 1 aliphatic rings. The zero-order chi connectivity index (χ0) is 12.8. The second-order valence-electron chi connectivity index (χ2n) is 5.46. The first-order valence-corrected chi connectivity index (χ1v) is 7.76. The highest BCUT2D eigenvalue weighted by atomic mass is 35.5. The first-order chi connectivity index (χ1) is 8.00. The van der Waals surface area contributed by atoms with Crippen LogP contribution in [0.5, 0.6) is 0 Å². The van der Waals surface area contributed by atoms with Crippen LogP contribution in [-0.4, -0.2) is 47.5 Å². The minimum absolute atomic E-state index is 0. The van der Waals surface area contributed by atoms with Crippen molar-refractivity contribution in [2.45, 2.75) is 46.2 Å². The molecule has 0 radical (unpaired) electrons. The molecule has 0 aliphatic carbocycles. The Labute approximate surface area is 122 Å². The van der Waals surface area contributed by atoms with E-state index in [1.54, 1.807) is 0 Å². The molecule has 18 heavy (non-hydrogen) atoms. The maximum Gasteiger partial charge on any atom is 0.224 e. The summed E-state index contributed by atoms with van der Waals surface area (Å²) in [5, 5.41) is 3.43. The molecule has 108 valence electrons. The van der Waals surface area contributed by atoms with E-state index in [2.05, 4.69) is 33.0 Å². The minimum atomic E-state index is 0. The van der Waals surface area contributed by atoms with Gasteiger partial charge in [-0.3, -0.25) is 4.79 Å². The van der Waals surface area contributed by atoms with Gasteiger partial charge in [0.25, 0.3) is 0 Å². The summed E-state index contributed by atoms with van der Waals surface area (Å²) in [4.78, 5) is 14.3. The van der Waals surface area contributed by atoms with Gasteiger partial charge >= 0.3 is 0 Å². The van der Waals surface area contributed by atoms with E-state index in [9.17, 15) is 4.79 Å². The Balaban J connectivity index is 0.00000289. The van der Waals surface area contributed by atoms with Crippen LogP contribution >= 0.6 is 24.2 Å². The summed E-state index contributed by atoms with van der Waals surface area (Å²) in [6.07, 6.45) is 0.651. The molecule has 0 aromatic carbocycles. The Morgan fingerprint density at radius 1 is 1.39 bits per heavy atom. The van der Waals surface area contributed by atoms with Crippen LogP contribution < -0.4 is 5.32 Å². The van der Waals surface area contributed by atoms with Gasteiger partial charge in [0, 0.05) is 43.1 Å². The van der Waals surface area contributed by atoms with E-state index in [0.717, 1.165) is 18.8 Å². The van der Waals surface area contributed by atoms with Crippen molar-refractivity contribution in [1.29, 1.82) is 0 Å². The van der Waals surface area contributed by atoms with Gasteiger partial charge in [-0.25, -0.2) is 0 Å². The first-order valence-electron chi connectivity index (χ1n) is 6.61. The van der Waals surface area contributed by atoms with Crippen LogP contribution in [0.25, 0.3) is 0 Å². The third-order valence-corrected chi connectivity index (χ3v) is 4.06. The van der Waals surface area contributed by atoms with Gasteiger partial charge in [0.2, 0.25) is 5.91 Å². The molecule has 0 saturated carbocycles. The predicted octanol–water partition coefficient (Wildman–Crippen LogP) is 2.40. The molecule has 1 saturated heterocycles. The van der Waals surface area contributed by atoms with E-state index in [4.69, 9.17) is 0 Å². The normalized spacial score (nSPS) is 19.8. The van der Waals surface area contributed by atoms with Crippen LogP contribution in [-0.2, 0) is 4.79 Å². The number of thioether (sulfide) groups is 1. The van der Waals surface area contributed by atoms with E-state index in [1.165, 1.54) is 5.75 Å². The number of carbonyl (C=O) groups excluding carboxylic acids is 1. The number of hydrogen-bond donors (Lipinski definition) is 1. The van der Waals surface area contributed by atoms with Gasteiger partial charge < -0.3 is 10.2 Å². The number of hydrogen-bond acceptors (Lipinski definition) is 3. The fourth-order valence-corrected chi connectivity index (χ4v) is 3.02. The van der Waals surface area contributed by atoms with Crippen molar-refractivity contribution in [1.82, 2.24) is 10.2 Å². The van der Waals surface area contributed by atoms with E-state index in [0.29, 0.717) is 30.3 Å². The van der Waals surface area contributed by atoms with Gasteiger partial charge in [-0.15, -0.1) is 12.4 Å². The zero-order valence-corrected chi connectivity index (χ0v) is 13.6. The molecule has 5 heteroatoms. The first kappa shape index (κ1) is 18.1. The average molecular weight is 295 g/mol. The van der Waals surface area contributed by atoms with Gasteiger partial charge in [0.15, 0.2) is 0 Å². The summed E-state index contributed by atoms with van der Waals surface area (Å²) in [6, 6.07) is 0.677. The van der Waals surface area contributed by atoms with Gasteiger partial charge in [0.1, 0.15) is 0 Å². The maximum absolute atomic E-state index is 12.3. The molecule has 1 atom stereocenters. The summed E-state index contributed by atoms with van der Waals surface area (Å²) in [7, 11) is 0. The van der Waals surface area contributed by atoms with Crippen molar-refractivity contribution in [3.05, 3.63) is 0 Å². The van der Waals surface area contributed by atoms with Crippen LogP contribution in [0.2, 0.25) is 0 Å². The van der Waals surface area contributed by atoms with Crippen molar-refractivity contribution >= 4 is 30.1 Å². The van der Waals surface area contributed by atoms with E-state index >= 15 is 0 Å². The molecule has 1 aliphatic heterocycles. The quantitative estimate of drug-likeness (QED) is 0.845. The molecule has 0 bridgehead atoms. The smallest absolute Gasteiger partial charge is 0.224 e. The minimum Gasteiger partial charge on any atom is -0.340 e. The Hall–Kier alpha value is 0.0700. The fraction of sp³-hybridized carbons (Fsp3) is 0.923. The van der Waals surface area contributed by atoms with Crippen LogP contribution in [0.1, 0.15) is 34.1 Å². The average Bonchev–Trinajstić information content (AvgIpc) is 2.26. The lowest BCUT2D eigenvalue weighted by Gasteiger charge is -2.31. The van der Waals surface area contributed by atoms with Gasteiger partial charge in [-0.2, -0.15) is 11.8 Å². The molecule has 1 N–H and O–H groups in total. The van der Waals surface area contributed by atoms with Crippen molar-refractivity contribution in [2.24, 2.45) is 5.92 Å². The van der Waals surface area contributed by atoms with Gasteiger partial charge in [0.05, 0.1) is 0 Å². The summed E-state index contributed by atoms with van der Waals surface area (Å²) < 4.78 is 0. The third kappa shape index (κ3) is 6.30. The standard InChI is InChI=1S/C13H26N2OS.ClH/c1-10(2)8-15(11(3)4)13(16)7-12-9-17-6-5-14-12;/h10-12,14H,5-9H2,1-4H3;1H. The number of nitrogens with one attached hydrogen (secondary N) is 1. The topological polar surface area (TPSA) is 32.3 Å². The Kier molecular flexibility index (Phi) is 9.09. The van der Waals surface area contributed by atoms with Crippen molar-refractivity contribution in [3.8, 4) is 0 Å². The Morgan fingerprint density at radius 3 is 2.50 bits per heavy atom. The number of nitrogens with zero attached hydrogens (tertiary/aromatic N) is 1. The number of halogens is 1. The van der Waals surface area contributed by atoms with E-state index < -0.39 is 0 Å². The molecule has 0 aromatic heterocycles. The van der Waals surface area contributed by atoms with Crippen molar-refractivity contribution in [3.63, 3.8) is 0 Å². The summed E-state index contributed by atoms with van der Waals surface area (Å²) in [5.41, 5.74) is 0. The highest BCUT2D eigenvalue weighted by molar-refractivity contribution is 7.99. The van der Waals surface area contributed by atoms with Crippen LogP contribution in [0.3, 0.4) is 0 Å². The lowest BCUT2D eigenvalue weighted by Crippen LogP contribution is -2.45. The van der Waals surface area contributed by atoms with Crippen LogP contribution in [0.15, 0.2) is 0 Å². The van der Waals surface area contributed by atoms with E-state index in [-0.39, 0.29) is 12.4 Å². The largest absolute Gasteiger partial charge is 0.340 e. The highest BCUT2D eigenvalue weighted by Crippen LogP contribution is 2.13. The second kappa shape index (κ2) is 9.05. The molecule has 1 heterocycles. The lowest BCUT2D eigenvalue weighted by molar-refractivity contribution is -0.133. The molecule has 0 aromatic rings. The summed E-state index contributed by atoms with van der Waals surface area (Å²) in [5.74, 6) is 3.08. The molecule has 1 rings (SSSR count). The number of rotatable bonds is 5. The number of carbonyl (C=O) groups is 1. The second-order valence-corrected chi connectivity index (χ2v) is 6.61. The molecular weight excluding hydrogens is 268 g/mol. The molecule has 1 amide bonds. The summed E-state index contributed by atoms with van der Waals surface area (Å²) >= 11 is 1.95. The molecule has 3 nitrogen and oxygen atoms in total. The van der Waals surface area contributed by atoms with Gasteiger partial charge in [-0.05, 0) is 19.8 Å². The number of amides is 1. The molecule has 0 spiro atoms. The zero-order valence-electron chi connectivity index (χ0n) is 11.9. The fourth-order valence-electron chi connectivity index (χ4n) is 2.07. The summed E-state index contributed by atoms with van der Waals surface area (Å²) in [6.45, 7) is 10.4. The Morgan fingerprint density at radius 2 is 2.06 bits per heavy atom. The maximum atomic E-state index is 12.3. The Bertz CT molecular complexity index is 243. The predicted molar refractivity (Wildman–Crippen MR) is 82.7 cm³/mol. The third-order valence-electron chi connectivity index (χ3n) is 2.93. The van der Waals surface area contributed by atoms with Crippen molar-refractivity contribution < 1.29 is 4.79 Å². The molecule has 1 unspecified atom stereocenters. The molecule has 1 fully saturated rings. The lowest BCUT2D eigenvalue weighted by atomic mass is 10.1. The van der Waals surface area contributed by atoms with Crippen LogP contribution in [0.4, 0.5) is 0 Å². The monoisotopic (exact) mass is 294 g/mol. The highest BCUT2D eigenvalue weighted by Gasteiger charge is 2.22.